The molecule has 100 valence electrons. The highest BCUT2D eigenvalue weighted by Gasteiger charge is 2.28. The molecule has 0 aromatic carbocycles. The third-order valence-electron chi connectivity index (χ3n) is 3.36. The molecule has 0 aliphatic heterocycles. The standard InChI is InChI=1S/C14H28N2O/c1-3-4-5-6-7-12(2)15-10-11-16-14(17)13-8-9-13/h12-13,15H,3-11H2,1-2H3,(H,16,17). The summed E-state index contributed by atoms with van der Waals surface area (Å²) in [6.07, 6.45) is 8.74. The first-order valence-electron chi connectivity index (χ1n) is 7.25. The van der Waals surface area contributed by atoms with Crippen molar-refractivity contribution in [2.45, 2.75) is 64.8 Å². The number of amides is 1. The third kappa shape index (κ3) is 7.37. The number of unbranched alkanes of at least 4 members (excludes halogenated alkanes) is 3. The number of carbonyl (C=O) groups is 1. The van der Waals surface area contributed by atoms with Gasteiger partial charge in [-0.15, -0.1) is 0 Å². The summed E-state index contributed by atoms with van der Waals surface area (Å²) in [6, 6.07) is 0.574. The molecule has 1 fully saturated rings. The molecule has 0 saturated heterocycles. The lowest BCUT2D eigenvalue weighted by Crippen LogP contribution is -2.36. The van der Waals surface area contributed by atoms with Crippen LogP contribution in [-0.2, 0) is 4.79 Å². The van der Waals surface area contributed by atoms with Gasteiger partial charge in [0.25, 0.3) is 0 Å². The number of hydrogen-bond donors (Lipinski definition) is 2. The van der Waals surface area contributed by atoms with E-state index >= 15 is 0 Å². The summed E-state index contributed by atoms with van der Waals surface area (Å²) in [7, 11) is 0. The van der Waals surface area contributed by atoms with Crippen LogP contribution in [0.1, 0.15) is 58.8 Å². The maximum absolute atomic E-state index is 11.4. The van der Waals surface area contributed by atoms with Crippen LogP contribution >= 0.6 is 0 Å². The Hall–Kier alpha value is -0.570. The van der Waals surface area contributed by atoms with Gasteiger partial charge in [-0.25, -0.2) is 0 Å². The molecular weight excluding hydrogens is 212 g/mol. The van der Waals surface area contributed by atoms with Crippen molar-refractivity contribution in [3.8, 4) is 0 Å². The van der Waals surface area contributed by atoms with Crippen LogP contribution < -0.4 is 10.6 Å². The lowest BCUT2D eigenvalue weighted by Gasteiger charge is -2.13. The van der Waals surface area contributed by atoms with Gasteiger partial charge in [-0.05, 0) is 26.2 Å². The monoisotopic (exact) mass is 240 g/mol. The van der Waals surface area contributed by atoms with Crippen molar-refractivity contribution in [2.75, 3.05) is 13.1 Å². The van der Waals surface area contributed by atoms with Crippen LogP contribution in [0.5, 0.6) is 0 Å². The van der Waals surface area contributed by atoms with E-state index in [1.54, 1.807) is 0 Å². The summed E-state index contributed by atoms with van der Waals surface area (Å²) in [6.45, 7) is 6.14. The van der Waals surface area contributed by atoms with Crippen molar-refractivity contribution in [3.05, 3.63) is 0 Å². The fraction of sp³-hybridized carbons (Fsp3) is 0.929. The Kier molecular flexibility index (Phi) is 7.25. The van der Waals surface area contributed by atoms with Gasteiger partial charge in [0.2, 0.25) is 5.91 Å². The summed E-state index contributed by atoms with van der Waals surface area (Å²) in [4.78, 5) is 11.4. The largest absolute Gasteiger partial charge is 0.355 e. The second kappa shape index (κ2) is 8.51. The minimum Gasteiger partial charge on any atom is -0.355 e. The van der Waals surface area contributed by atoms with Crippen molar-refractivity contribution in [3.63, 3.8) is 0 Å². The molecule has 1 aliphatic carbocycles. The van der Waals surface area contributed by atoms with Gasteiger partial charge < -0.3 is 10.6 Å². The first kappa shape index (κ1) is 14.5. The summed E-state index contributed by atoms with van der Waals surface area (Å²) in [5.74, 6) is 0.587. The molecule has 1 aliphatic rings. The average Bonchev–Trinajstić information content (AvgIpc) is 3.14. The fourth-order valence-electron chi connectivity index (χ4n) is 1.97. The van der Waals surface area contributed by atoms with Crippen LogP contribution in [0.3, 0.4) is 0 Å². The highest BCUT2D eigenvalue weighted by Crippen LogP contribution is 2.28. The van der Waals surface area contributed by atoms with Gasteiger partial charge in [-0.1, -0.05) is 32.6 Å². The maximum atomic E-state index is 11.4. The molecule has 0 radical (unpaired) electrons. The van der Waals surface area contributed by atoms with Gasteiger partial charge in [-0.3, -0.25) is 4.79 Å². The van der Waals surface area contributed by atoms with E-state index in [4.69, 9.17) is 0 Å². The van der Waals surface area contributed by atoms with E-state index in [-0.39, 0.29) is 5.91 Å². The van der Waals surface area contributed by atoms with E-state index in [0.717, 1.165) is 25.9 Å². The Morgan fingerprint density at radius 3 is 2.65 bits per heavy atom. The summed E-state index contributed by atoms with van der Waals surface area (Å²) >= 11 is 0. The second-order valence-electron chi connectivity index (χ2n) is 5.27. The first-order valence-corrected chi connectivity index (χ1v) is 7.25. The molecule has 1 rings (SSSR count). The van der Waals surface area contributed by atoms with Crippen molar-refractivity contribution in [2.24, 2.45) is 5.92 Å². The van der Waals surface area contributed by atoms with Gasteiger partial charge in [0.1, 0.15) is 0 Å². The van der Waals surface area contributed by atoms with Crippen molar-refractivity contribution < 1.29 is 4.79 Å². The van der Waals surface area contributed by atoms with Gasteiger partial charge in [0.05, 0.1) is 0 Å². The highest BCUT2D eigenvalue weighted by molar-refractivity contribution is 5.80. The van der Waals surface area contributed by atoms with Crippen LogP contribution in [0.25, 0.3) is 0 Å². The Morgan fingerprint density at radius 2 is 2.00 bits per heavy atom. The third-order valence-corrected chi connectivity index (χ3v) is 3.36. The molecular formula is C14H28N2O. The Morgan fingerprint density at radius 1 is 1.24 bits per heavy atom. The van der Waals surface area contributed by atoms with E-state index in [0.29, 0.717) is 12.0 Å². The predicted molar refractivity (Wildman–Crippen MR) is 72.0 cm³/mol. The van der Waals surface area contributed by atoms with Crippen LogP contribution in [0.4, 0.5) is 0 Å². The summed E-state index contributed by atoms with van der Waals surface area (Å²) in [5.41, 5.74) is 0. The lowest BCUT2D eigenvalue weighted by molar-refractivity contribution is -0.122. The molecule has 3 nitrogen and oxygen atoms in total. The molecule has 0 aromatic heterocycles. The summed E-state index contributed by atoms with van der Waals surface area (Å²) in [5, 5.41) is 6.43. The highest BCUT2D eigenvalue weighted by atomic mass is 16.2. The molecule has 0 heterocycles. The lowest BCUT2D eigenvalue weighted by atomic mass is 10.1. The Bertz CT molecular complexity index is 214. The average molecular weight is 240 g/mol. The molecule has 0 bridgehead atoms. The number of carbonyl (C=O) groups excluding carboxylic acids is 1. The van der Waals surface area contributed by atoms with E-state index in [1.807, 2.05) is 0 Å². The first-order chi connectivity index (χ1) is 8.24. The summed E-state index contributed by atoms with van der Waals surface area (Å²) < 4.78 is 0. The molecule has 1 unspecified atom stereocenters. The number of nitrogens with one attached hydrogen (secondary N) is 2. The van der Waals surface area contributed by atoms with Crippen LogP contribution in [0.15, 0.2) is 0 Å². The Balaban J connectivity index is 1.85. The van der Waals surface area contributed by atoms with Crippen molar-refractivity contribution in [1.82, 2.24) is 10.6 Å². The zero-order chi connectivity index (χ0) is 12.5. The van der Waals surface area contributed by atoms with Gasteiger partial charge in [0.15, 0.2) is 0 Å². The topological polar surface area (TPSA) is 41.1 Å². The van der Waals surface area contributed by atoms with Crippen LogP contribution in [0.2, 0.25) is 0 Å². The zero-order valence-electron chi connectivity index (χ0n) is 11.4. The second-order valence-corrected chi connectivity index (χ2v) is 5.27. The Labute approximate surface area is 106 Å². The molecule has 17 heavy (non-hydrogen) atoms. The minimum atomic E-state index is 0.252. The van der Waals surface area contributed by atoms with E-state index in [1.165, 1.54) is 32.1 Å². The minimum absolute atomic E-state index is 0.252. The SMILES string of the molecule is CCCCCCC(C)NCCNC(=O)C1CC1. The number of hydrogen-bond acceptors (Lipinski definition) is 2. The van der Waals surface area contributed by atoms with Crippen LogP contribution in [0, 0.1) is 5.92 Å². The molecule has 3 heteroatoms. The molecule has 1 amide bonds. The van der Waals surface area contributed by atoms with Gasteiger partial charge in [-0.2, -0.15) is 0 Å². The number of rotatable bonds is 10. The van der Waals surface area contributed by atoms with E-state index < -0.39 is 0 Å². The van der Waals surface area contributed by atoms with E-state index in [9.17, 15) is 4.79 Å². The van der Waals surface area contributed by atoms with Crippen molar-refractivity contribution >= 4 is 5.91 Å². The van der Waals surface area contributed by atoms with Gasteiger partial charge in [0, 0.05) is 25.0 Å². The fourth-order valence-corrected chi connectivity index (χ4v) is 1.97. The quantitative estimate of drug-likeness (QED) is 0.576. The molecule has 0 aromatic rings. The van der Waals surface area contributed by atoms with Gasteiger partial charge >= 0.3 is 0 Å². The van der Waals surface area contributed by atoms with Crippen molar-refractivity contribution in [1.29, 1.82) is 0 Å². The zero-order valence-corrected chi connectivity index (χ0v) is 11.4. The van der Waals surface area contributed by atoms with E-state index in [2.05, 4.69) is 24.5 Å². The van der Waals surface area contributed by atoms with Crippen LogP contribution in [-0.4, -0.2) is 25.0 Å². The molecule has 2 N–H and O–H groups in total. The molecule has 1 atom stereocenters. The predicted octanol–water partition coefficient (Wildman–Crippen LogP) is 2.46. The normalized spacial score (nSPS) is 16.8. The maximum Gasteiger partial charge on any atom is 0.223 e. The smallest absolute Gasteiger partial charge is 0.223 e. The molecule has 0 spiro atoms. The molecule has 1 saturated carbocycles.